The maximum atomic E-state index is 10.6. The second-order valence-corrected chi connectivity index (χ2v) is 3.26. The van der Waals surface area contributed by atoms with E-state index in [0.29, 0.717) is 5.56 Å². The molecule has 3 nitrogen and oxygen atoms in total. The van der Waals surface area contributed by atoms with Crippen molar-refractivity contribution in [2.24, 2.45) is 0 Å². The van der Waals surface area contributed by atoms with Crippen LogP contribution in [0.5, 0.6) is 0 Å². The van der Waals surface area contributed by atoms with Crippen LogP contribution in [-0.2, 0) is 0 Å². The van der Waals surface area contributed by atoms with Gasteiger partial charge in [-0.25, -0.2) is 4.98 Å². The van der Waals surface area contributed by atoms with Crippen LogP contribution in [0.25, 0.3) is 16.0 Å². The first-order chi connectivity index (χ1) is 5.77. The van der Waals surface area contributed by atoms with Gasteiger partial charge < -0.3 is 10.5 Å². The van der Waals surface area contributed by atoms with Crippen LogP contribution in [0, 0.1) is 0 Å². The molecule has 2 aromatic rings. The number of rotatable bonds is 1. The molecular weight excluding hydrogens is 211 g/mol. The summed E-state index contributed by atoms with van der Waals surface area (Å²) in [5, 5.41) is 2.84. The van der Waals surface area contributed by atoms with Crippen molar-refractivity contribution in [2.45, 2.75) is 0 Å². The zero-order valence-corrected chi connectivity index (χ0v) is 11.0. The Morgan fingerprint density at radius 1 is 1.54 bits per heavy atom. The van der Waals surface area contributed by atoms with E-state index in [1.807, 2.05) is 11.4 Å². The van der Waals surface area contributed by atoms with Crippen LogP contribution >= 0.6 is 11.3 Å². The van der Waals surface area contributed by atoms with Crippen molar-refractivity contribution in [3.8, 4) is 0 Å². The largest absolute Gasteiger partial charge is 1.00 e. The topological polar surface area (TPSA) is 53.8 Å². The van der Waals surface area contributed by atoms with Gasteiger partial charge in [-0.15, -0.1) is 11.3 Å². The predicted molar refractivity (Wildman–Crippen MR) is 48.3 cm³/mol. The summed E-state index contributed by atoms with van der Waals surface area (Å²) in [6.07, 6.45) is 1.44. The maximum absolute atomic E-state index is 10.6. The van der Waals surface area contributed by atoms with Crippen molar-refractivity contribution in [1.29, 1.82) is 0 Å². The number of thiophene rings is 1. The molecule has 0 spiro atoms. The van der Waals surface area contributed by atoms with Crippen LogP contribution in [0.4, 0.5) is 0 Å². The van der Waals surface area contributed by atoms with E-state index in [1.165, 1.54) is 17.5 Å². The van der Waals surface area contributed by atoms with Crippen LogP contribution in [0.3, 0.4) is 0 Å². The van der Waals surface area contributed by atoms with Crippen LogP contribution in [0.2, 0.25) is 0 Å². The van der Waals surface area contributed by atoms with Gasteiger partial charge in [0.15, 0.2) is 0 Å². The van der Waals surface area contributed by atoms with Crippen molar-refractivity contribution in [1.82, 2.24) is 4.98 Å². The normalized spacial score (nSPS) is 9.54. The Hall–Kier alpha value is 0.216. The summed E-state index contributed by atoms with van der Waals surface area (Å²) < 4.78 is 0. The Bertz CT molecular complexity index is 440. The summed E-state index contributed by atoms with van der Waals surface area (Å²) in [4.78, 5) is 15.6. The van der Waals surface area contributed by atoms with Gasteiger partial charge in [-0.2, -0.15) is 0 Å². The SMILES string of the molecule is [K+].[NH-]C(=O)c1cnc2sccc2c1. The number of nitrogens with one attached hydrogen (secondary N) is 1. The van der Waals surface area contributed by atoms with Gasteiger partial charge in [0.2, 0.25) is 0 Å². The molecule has 0 saturated carbocycles. The first kappa shape index (κ1) is 11.3. The number of aromatic nitrogens is 1. The minimum absolute atomic E-state index is 0. The van der Waals surface area contributed by atoms with E-state index < -0.39 is 5.91 Å². The van der Waals surface area contributed by atoms with Crippen molar-refractivity contribution >= 4 is 27.5 Å². The Labute approximate surface area is 122 Å². The summed E-state index contributed by atoms with van der Waals surface area (Å²) >= 11 is 1.52. The molecule has 13 heavy (non-hydrogen) atoms. The predicted octanol–water partition coefficient (Wildman–Crippen LogP) is -0.507. The van der Waals surface area contributed by atoms with Gasteiger partial charge in [-0.05, 0) is 17.5 Å². The van der Waals surface area contributed by atoms with E-state index in [1.54, 1.807) is 6.07 Å². The molecule has 1 N–H and O–H groups in total. The molecule has 2 heterocycles. The molecule has 0 atom stereocenters. The van der Waals surface area contributed by atoms with Crippen molar-refractivity contribution in [2.75, 3.05) is 0 Å². The molecule has 0 aliphatic carbocycles. The molecule has 5 heteroatoms. The molecule has 0 aliphatic rings. The Balaban J connectivity index is 0.000000845. The van der Waals surface area contributed by atoms with E-state index in [4.69, 9.17) is 5.73 Å². The minimum atomic E-state index is -0.685. The minimum Gasteiger partial charge on any atom is -0.664 e. The fourth-order valence-corrected chi connectivity index (χ4v) is 1.70. The van der Waals surface area contributed by atoms with Gasteiger partial charge in [0.25, 0.3) is 0 Å². The molecule has 0 saturated heterocycles. The first-order valence-corrected chi connectivity index (χ1v) is 4.24. The Morgan fingerprint density at radius 3 is 3.00 bits per heavy atom. The van der Waals surface area contributed by atoms with E-state index in [-0.39, 0.29) is 51.4 Å². The fraction of sp³-hybridized carbons (Fsp3) is 0. The number of carbonyl (C=O) groups is 1. The molecule has 0 fully saturated rings. The Morgan fingerprint density at radius 2 is 2.31 bits per heavy atom. The zero-order chi connectivity index (χ0) is 8.55. The van der Waals surface area contributed by atoms with Crippen LogP contribution in [0.1, 0.15) is 10.4 Å². The molecule has 0 bridgehead atoms. The van der Waals surface area contributed by atoms with Gasteiger partial charge in [-0.1, -0.05) is 0 Å². The van der Waals surface area contributed by atoms with Gasteiger partial charge in [-0.3, -0.25) is 0 Å². The van der Waals surface area contributed by atoms with Crippen molar-refractivity contribution in [3.05, 3.63) is 35.0 Å². The first-order valence-electron chi connectivity index (χ1n) is 3.36. The summed E-state index contributed by atoms with van der Waals surface area (Å²) in [7, 11) is 0. The van der Waals surface area contributed by atoms with Crippen LogP contribution < -0.4 is 51.4 Å². The number of hydrogen-bond donors (Lipinski definition) is 0. The fourth-order valence-electron chi connectivity index (χ4n) is 0.983. The molecule has 2 aromatic heterocycles. The number of nitrogens with zero attached hydrogens (tertiary/aromatic N) is 1. The van der Waals surface area contributed by atoms with Crippen LogP contribution in [-0.4, -0.2) is 10.9 Å². The standard InChI is InChI=1S/C8H6N2OS.K/c9-7(11)6-3-5-1-2-12-8(5)10-4-6;/h1-4H,(H2,9,11);/q;+1/p-1. The van der Waals surface area contributed by atoms with Gasteiger partial charge >= 0.3 is 51.4 Å². The van der Waals surface area contributed by atoms with Crippen molar-refractivity contribution < 1.29 is 56.2 Å². The smallest absolute Gasteiger partial charge is 0.664 e. The molecule has 1 amide bonds. The molecule has 0 aromatic carbocycles. The monoisotopic (exact) mass is 216 g/mol. The molecular formula is C8H5KN2OS. The molecule has 60 valence electrons. The molecule has 2 rings (SSSR count). The quantitative estimate of drug-likeness (QED) is 0.603. The Kier molecular flexibility index (Phi) is 4.02. The third kappa shape index (κ3) is 2.37. The second kappa shape index (κ2) is 4.63. The van der Waals surface area contributed by atoms with Gasteiger partial charge in [0, 0.05) is 17.1 Å². The van der Waals surface area contributed by atoms with E-state index in [2.05, 4.69) is 4.98 Å². The number of fused-ring (bicyclic) bond motifs is 1. The average Bonchev–Trinajstić information content (AvgIpc) is 2.49. The third-order valence-electron chi connectivity index (χ3n) is 1.57. The zero-order valence-electron chi connectivity index (χ0n) is 7.07. The van der Waals surface area contributed by atoms with E-state index >= 15 is 0 Å². The summed E-state index contributed by atoms with van der Waals surface area (Å²) in [6, 6.07) is 3.58. The van der Waals surface area contributed by atoms with Crippen molar-refractivity contribution in [3.63, 3.8) is 0 Å². The molecule has 0 aliphatic heterocycles. The average molecular weight is 216 g/mol. The van der Waals surface area contributed by atoms with E-state index in [9.17, 15) is 4.79 Å². The number of carbonyl (C=O) groups excluding carboxylic acids is 1. The summed E-state index contributed by atoms with van der Waals surface area (Å²) in [5.41, 5.74) is 7.22. The number of amides is 1. The van der Waals surface area contributed by atoms with Gasteiger partial charge in [0.1, 0.15) is 4.83 Å². The van der Waals surface area contributed by atoms with Gasteiger partial charge in [0.05, 0.1) is 5.91 Å². The summed E-state index contributed by atoms with van der Waals surface area (Å²) in [6.45, 7) is 0. The second-order valence-electron chi connectivity index (χ2n) is 2.37. The third-order valence-corrected chi connectivity index (χ3v) is 2.40. The number of hydrogen-bond acceptors (Lipinski definition) is 3. The number of pyridine rings is 1. The van der Waals surface area contributed by atoms with Crippen LogP contribution in [0.15, 0.2) is 23.7 Å². The molecule has 0 unspecified atom stereocenters. The maximum Gasteiger partial charge on any atom is 1.00 e. The van der Waals surface area contributed by atoms with E-state index in [0.717, 1.165) is 10.2 Å². The molecule has 0 radical (unpaired) electrons. The summed E-state index contributed by atoms with van der Waals surface area (Å²) in [5.74, 6) is -0.685.